The largest absolute Gasteiger partial charge is 0.394 e. The molecule has 1 aromatic heterocycles. The van der Waals surface area contributed by atoms with Gasteiger partial charge in [-0.2, -0.15) is 5.26 Å². The van der Waals surface area contributed by atoms with Gasteiger partial charge in [0.25, 0.3) is 5.91 Å². The Balaban J connectivity index is 0.00000179. The maximum Gasteiger partial charge on any atom is 0.277 e. The van der Waals surface area contributed by atoms with Crippen molar-refractivity contribution in [2.45, 2.75) is 38.3 Å². The van der Waals surface area contributed by atoms with Gasteiger partial charge in [-0.05, 0) is 16.5 Å². The lowest BCUT2D eigenvalue weighted by Gasteiger charge is -2.41. The number of anilines is 1. The monoisotopic (exact) mass is 545 g/mol. The third-order valence-electron chi connectivity index (χ3n) is 5.75. The zero-order chi connectivity index (χ0) is 26.7. The van der Waals surface area contributed by atoms with E-state index in [1.807, 2.05) is 17.0 Å². The van der Waals surface area contributed by atoms with Crippen LogP contribution in [0.5, 0.6) is 0 Å². The number of nitrogens with zero attached hydrogens (tertiary/aromatic N) is 4. The third kappa shape index (κ3) is 9.43. The molecule has 1 saturated heterocycles. The van der Waals surface area contributed by atoms with E-state index in [2.05, 4.69) is 52.7 Å². The van der Waals surface area contributed by atoms with E-state index in [9.17, 15) is 19.4 Å². The molecule has 14 heteroatoms. The first kappa shape index (κ1) is 34.5. The molecule has 212 valence electrons. The molecule has 0 aliphatic carbocycles. The van der Waals surface area contributed by atoms with E-state index >= 15 is 0 Å². The number of hydrogen-bond donors (Lipinski definition) is 5. The van der Waals surface area contributed by atoms with Crippen LogP contribution in [0.4, 0.5) is 19.7 Å². The SMILES string of the molecule is CC(C)(C)c1ccc(C(C(O)CO)N2CCN(c3ncc(C(=O)NO)cn3)CC2)cc1.F.F.OOC#CF. The summed E-state index contributed by atoms with van der Waals surface area (Å²) in [6.07, 6.45) is 3.90. The number of hydrogen-bond acceptors (Lipinski definition) is 10. The molecule has 2 aromatic rings. The second-order valence-electron chi connectivity index (χ2n) is 9.09. The summed E-state index contributed by atoms with van der Waals surface area (Å²) in [4.78, 5) is 27.0. The fourth-order valence-electron chi connectivity index (χ4n) is 3.84. The second kappa shape index (κ2) is 16.4. The summed E-state index contributed by atoms with van der Waals surface area (Å²) < 4.78 is 10.3. The Kier molecular flexibility index (Phi) is 14.9. The van der Waals surface area contributed by atoms with Gasteiger partial charge in [0.15, 0.2) is 12.3 Å². The number of rotatable bonds is 6. The molecule has 2 heterocycles. The first-order valence-corrected chi connectivity index (χ1v) is 11.2. The van der Waals surface area contributed by atoms with Crippen LogP contribution in [0.3, 0.4) is 0 Å². The Morgan fingerprint density at radius 1 is 1.13 bits per heavy atom. The predicted molar refractivity (Wildman–Crippen MR) is 134 cm³/mol. The van der Waals surface area contributed by atoms with Gasteiger partial charge in [0.2, 0.25) is 5.95 Å². The van der Waals surface area contributed by atoms with E-state index in [-0.39, 0.29) is 33.0 Å². The molecule has 1 aliphatic rings. The van der Waals surface area contributed by atoms with Gasteiger partial charge in [-0.25, -0.2) is 15.4 Å². The first-order chi connectivity index (χ1) is 17.2. The Morgan fingerprint density at radius 2 is 1.68 bits per heavy atom. The van der Waals surface area contributed by atoms with Crippen molar-refractivity contribution in [1.29, 1.82) is 0 Å². The van der Waals surface area contributed by atoms with Crippen LogP contribution in [0, 0.1) is 12.3 Å². The number of aromatic nitrogens is 2. The summed E-state index contributed by atoms with van der Waals surface area (Å²) in [6, 6.07) is 7.92. The molecular formula is C24H34F3N5O6. The molecule has 1 aromatic carbocycles. The summed E-state index contributed by atoms with van der Waals surface area (Å²) in [6.45, 7) is 8.75. The Hall–Kier alpha value is -3.48. The van der Waals surface area contributed by atoms with Crippen molar-refractivity contribution in [3.05, 3.63) is 53.3 Å². The summed E-state index contributed by atoms with van der Waals surface area (Å²) >= 11 is 0. The normalized spacial score (nSPS) is 14.7. The highest BCUT2D eigenvalue weighted by molar-refractivity contribution is 5.92. The molecular weight excluding hydrogens is 511 g/mol. The van der Waals surface area contributed by atoms with Crippen molar-refractivity contribution in [2.75, 3.05) is 37.7 Å². The topological polar surface area (TPSA) is 152 Å². The van der Waals surface area contributed by atoms with E-state index in [4.69, 9.17) is 10.5 Å². The molecule has 38 heavy (non-hydrogen) atoms. The minimum atomic E-state index is -0.889. The summed E-state index contributed by atoms with van der Waals surface area (Å²) in [5.74, 6) is -0.155. The lowest BCUT2D eigenvalue weighted by atomic mass is 9.85. The standard InChI is InChI=1S/C22H31N5O4.C2HFO2.2FH/c1-22(2,3)17-6-4-15(5-7-17)19(18(29)14-28)26-8-10-27(11-9-26)21-23-12-16(13-24-21)20(30)25-31;3-1-2-5-4;;/h4-7,12-13,18-19,28-29,31H,8-11,14H2,1-3H3,(H,25,30);4H;2*1H. The molecule has 0 saturated carbocycles. The van der Waals surface area contributed by atoms with E-state index in [1.165, 1.54) is 24.1 Å². The third-order valence-corrected chi connectivity index (χ3v) is 5.75. The number of nitrogens with one attached hydrogen (secondary N) is 1. The van der Waals surface area contributed by atoms with Gasteiger partial charge in [-0.3, -0.25) is 29.2 Å². The number of carbonyl (C=O) groups excluding carboxylic acids is 1. The second-order valence-corrected chi connectivity index (χ2v) is 9.09. The molecule has 1 fully saturated rings. The average Bonchev–Trinajstić information content (AvgIpc) is 2.89. The fourth-order valence-corrected chi connectivity index (χ4v) is 3.84. The van der Waals surface area contributed by atoms with E-state index in [0.717, 1.165) is 11.7 Å². The maximum absolute atomic E-state index is 11.4. The number of amides is 1. The van der Waals surface area contributed by atoms with E-state index in [0.29, 0.717) is 32.1 Å². The molecule has 5 N–H and O–H groups in total. The Morgan fingerprint density at radius 3 is 2.08 bits per heavy atom. The summed E-state index contributed by atoms with van der Waals surface area (Å²) in [7, 11) is 0. The number of benzene rings is 1. The quantitative estimate of drug-likeness (QED) is 0.157. The molecule has 11 nitrogen and oxygen atoms in total. The maximum atomic E-state index is 11.4. The highest BCUT2D eigenvalue weighted by Gasteiger charge is 2.31. The molecule has 1 aliphatic heterocycles. The predicted octanol–water partition coefficient (Wildman–Crippen LogP) is 1.78. The first-order valence-electron chi connectivity index (χ1n) is 11.2. The number of aliphatic hydroxyl groups is 2. The summed E-state index contributed by atoms with van der Waals surface area (Å²) in [5, 5.41) is 36.0. The highest BCUT2D eigenvalue weighted by Crippen LogP contribution is 2.29. The Labute approximate surface area is 218 Å². The lowest BCUT2D eigenvalue weighted by Crippen LogP contribution is -2.51. The van der Waals surface area contributed by atoms with Gasteiger partial charge in [0.1, 0.15) is 0 Å². The van der Waals surface area contributed by atoms with Gasteiger partial charge in [0.05, 0.1) is 24.3 Å². The van der Waals surface area contributed by atoms with Gasteiger partial charge in [-0.1, -0.05) is 45.0 Å². The smallest absolute Gasteiger partial charge is 0.277 e. The molecule has 0 radical (unpaired) electrons. The molecule has 1 amide bonds. The van der Waals surface area contributed by atoms with Crippen LogP contribution in [0.25, 0.3) is 0 Å². The molecule has 2 atom stereocenters. The van der Waals surface area contributed by atoms with Crippen LogP contribution >= 0.6 is 0 Å². The van der Waals surface area contributed by atoms with Crippen LogP contribution in [0.1, 0.15) is 48.3 Å². The van der Waals surface area contributed by atoms with Gasteiger partial charge < -0.3 is 15.1 Å². The number of halogens is 3. The number of carbonyl (C=O) groups is 1. The van der Waals surface area contributed by atoms with E-state index in [1.54, 1.807) is 5.48 Å². The average molecular weight is 546 g/mol. The van der Waals surface area contributed by atoms with Crippen molar-refractivity contribution in [3.8, 4) is 12.3 Å². The molecule has 0 bridgehead atoms. The number of piperazine rings is 1. The van der Waals surface area contributed by atoms with Crippen molar-refractivity contribution in [2.24, 2.45) is 0 Å². The number of aliphatic hydroxyl groups excluding tert-OH is 2. The molecule has 3 rings (SSSR count). The Bertz CT molecular complexity index is 1020. The van der Waals surface area contributed by atoms with Crippen molar-refractivity contribution in [3.63, 3.8) is 0 Å². The minimum Gasteiger partial charge on any atom is -0.394 e. The highest BCUT2D eigenvalue weighted by atomic mass is 19.1. The van der Waals surface area contributed by atoms with Crippen molar-refractivity contribution in [1.82, 2.24) is 20.3 Å². The zero-order valence-electron chi connectivity index (χ0n) is 21.2. The molecule has 2 unspecified atom stereocenters. The van der Waals surface area contributed by atoms with Gasteiger partial charge in [0, 0.05) is 38.6 Å². The lowest BCUT2D eigenvalue weighted by molar-refractivity contribution is -0.172. The van der Waals surface area contributed by atoms with Crippen LogP contribution < -0.4 is 10.4 Å². The van der Waals surface area contributed by atoms with Gasteiger partial charge >= 0.3 is 0 Å². The van der Waals surface area contributed by atoms with Gasteiger partial charge in [-0.15, -0.1) is 4.39 Å². The minimum absolute atomic E-state index is 0. The number of hydroxylamine groups is 1. The van der Waals surface area contributed by atoms with Crippen molar-refractivity contribution >= 4 is 11.9 Å². The van der Waals surface area contributed by atoms with E-state index < -0.39 is 12.0 Å². The zero-order valence-corrected chi connectivity index (χ0v) is 21.2. The van der Waals surface area contributed by atoms with Crippen LogP contribution in [-0.2, 0) is 10.3 Å². The van der Waals surface area contributed by atoms with Crippen LogP contribution in [0.2, 0.25) is 0 Å². The molecule has 0 spiro atoms. The van der Waals surface area contributed by atoms with Crippen LogP contribution in [-0.4, -0.2) is 80.3 Å². The van der Waals surface area contributed by atoms with Crippen molar-refractivity contribution < 1.29 is 44.2 Å². The van der Waals surface area contributed by atoms with Crippen LogP contribution in [0.15, 0.2) is 36.7 Å². The summed E-state index contributed by atoms with van der Waals surface area (Å²) in [5.41, 5.74) is 3.97. The fraction of sp³-hybridized carbons (Fsp3) is 0.458.